The Hall–Kier alpha value is -1.71. The van der Waals surface area contributed by atoms with Crippen LogP contribution in [0.15, 0.2) is 24.9 Å². The van der Waals surface area contributed by atoms with Crippen LogP contribution < -0.4 is 0 Å². The van der Waals surface area contributed by atoms with E-state index in [1.165, 1.54) is 13.0 Å². The first-order valence-corrected chi connectivity index (χ1v) is 3.92. The summed E-state index contributed by atoms with van der Waals surface area (Å²) in [4.78, 5) is 10.6. The lowest BCUT2D eigenvalue weighted by Gasteiger charge is -1.88. The molecule has 0 radical (unpaired) electrons. The van der Waals surface area contributed by atoms with Gasteiger partial charge >= 0.3 is 0 Å². The lowest BCUT2D eigenvalue weighted by molar-refractivity contribution is -0.112. The summed E-state index contributed by atoms with van der Waals surface area (Å²) in [6.45, 7) is 5.70. The molecule has 0 aliphatic rings. The molecular weight excluding hydrogens is 166 g/mol. The maximum Gasteiger partial charge on any atom is 0.152 e. The van der Waals surface area contributed by atoms with Crippen molar-refractivity contribution in [2.24, 2.45) is 0 Å². The number of aromatic nitrogens is 3. The van der Waals surface area contributed by atoms with Crippen molar-refractivity contribution in [2.45, 2.75) is 13.5 Å². The van der Waals surface area contributed by atoms with E-state index in [0.717, 1.165) is 0 Å². The summed E-state index contributed by atoms with van der Waals surface area (Å²) in [5.41, 5.74) is 0.678. The van der Waals surface area contributed by atoms with Gasteiger partial charge in [-0.2, -0.15) is 0 Å². The Balaban J connectivity index is 2.68. The molecule has 4 nitrogen and oxygen atoms in total. The molecule has 68 valence electrons. The van der Waals surface area contributed by atoms with Crippen LogP contribution in [0, 0.1) is 0 Å². The smallest absolute Gasteiger partial charge is 0.152 e. The SMILES string of the molecule is C=CCn1cc(/C=C/C(C)=O)nn1. The largest absolute Gasteiger partial charge is 0.295 e. The molecular formula is C9H11N3O. The first-order valence-electron chi connectivity index (χ1n) is 3.92. The van der Waals surface area contributed by atoms with Gasteiger partial charge in [0.15, 0.2) is 5.78 Å². The Morgan fingerprint density at radius 3 is 3.15 bits per heavy atom. The zero-order chi connectivity index (χ0) is 9.68. The average Bonchev–Trinajstić information content (AvgIpc) is 2.50. The zero-order valence-corrected chi connectivity index (χ0v) is 7.47. The second kappa shape index (κ2) is 4.35. The third-order valence-electron chi connectivity index (χ3n) is 1.36. The summed E-state index contributed by atoms with van der Waals surface area (Å²) < 4.78 is 1.65. The van der Waals surface area contributed by atoms with Crippen molar-refractivity contribution in [3.63, 3.8) is 0 Å². The zero-order valence-electron chi connectivity index (χ0n) is 7.47. The maximum atomic E-state index is 10.6. The fourth-order valence-corrected chi connectivity index (χ4v) is 0.814. The number of nitrogens with zero attached hydrogens (tertiary/aromatic N) is 3. The topological polar surface area (TPSA) is 47.8 Å². The molecule has 0 aromatic carbocycles. The van der Waals surface area contributed by atoms with Crippen molar-refractivity contribution in [1.29, 1.82) is 0 Å². The molecule has 0 N–H and O–H groups in total. The highest BCUT2D eigenvalue weighted by Crippen LogP contribution is 1.96. The molecule has 0 unspecified atom stereocenters. The number of ketones is 1. The predicted molar refractivity (Wildman–Crippen MR) is 49.9 cm³/mol. The van der Waals surface area contributed by atoms with Crippen LogP contribution >= 0.6 is 0 Å². The van der Waals surface area contributed by atoms with Gasteiger partial charge in [-0.3, -0.25) is 4.79 Å². The van der Waals surface area contributed by atoms with Crippen LogP contribution in [0.1, 0.15) is 12.6 Å². The van der Waals surface area contributed by atoms with E-state index in [1.807, 2.05) is 0 Å². The second-order valence-corrected chi connectivity index (χ2v) is 2.60. The third-order valence-corrected chi connectivity index (χ3v) is 1.36. The van der Waals surface area contributed by atoms with Gasteiger partial charge in [0.1, 0.15) is 5.69 Å². The van der Waals surface area contributed by atoms with Gasteiger partial charge < -0.3 is 0 Å². The third kappa shape index (κ3) is 3.02. The van der Waals surface area contributed by atoms with Crippen LogP contribution in [0.5, 0.6) is 0 Å². The molecule has 0 amide bonds. The highest BCUT2D eigenvalue weighted by Gasteiger charge is 1.94. The van der Waals surface area contributed by atoms with Crippen LogP contribution in [-0.2, 0) is 11.3 Å². The number of allylic oxidation sites excluding steroid dienone is 2. The highest BCUT2D eigenvalue weighted by atomic mass is 16.1. The van der Waals surface area contributed by atoms with Crippen molar-refractivity contribution in [2.75, 3.05) is 0 Å². The predicted octanol–water partition coefficient (Wildman–Crippen LogP) is 1.07. The van der Waals surface area contributed by atoms with Gasteiger partial charge in [0.05, 0.1) is 12.7 Å². The quantitative estimate of drug-likeness (QED) is 0.510. The van der Waals surface area contributed by atoms with Gasteiger partial charge in [0.2, 0.25) is 0 Å². The van der Waals surface area contributed by atoms with E-state index >= 15 is 0 Å². The van der Waals surface area contributed by atoms with Crippen molar-refractivity contribution >= 4 is 11.9 Å². The number of hydrogen-bond acceptors (Lipinski definition) is 3. The Morgan fingerprint density at radius 2 is 2.54 bits per heavy atom. The molecule has 1 aromatic heterocycles. The van der Waals surface area contributed by atoms with Gasteiger partial charge in [-0.05, 0) is 19.1 Å². The minimum Gasteiger partial charge on any atom is -0.295 e. The first kappa shape index (κ1) is 9.38. The lowest BCUT2D eigenvalue weighted by Crippen LogP contribution is -1.94. The lowest BCUT2D eigenvalue weighted by atomic mass is 10.3. The average molecular weight is 177 g/mol. The standard InChI is InChI=1S/C9H11N3O/c1-3-6-12-7-9(10-11-12)5-4-8(2)13/h3-5,7H,1,6H2,2H3/b5-4+. The molecule has 1 rings (SSSR count). The summed E-state index contributed by atoms with van der Waals surface area (Å²) >= 11 is 0. The van der Waals surface area contributed by atoms with Crippen molar-refractivity contribution < 1.29 is 4.79 Å². The minimum atomic E-state index is -0.00160. The molecule has 0 saturated heterocycles. The van der Waals surface area contributed by atoms with Crippen LogP contribution in [0.3, 0.4) is 0 Å². The molecule has 0 aliphatic carbocycles. The van der Waals surface area contributed by atoms with E-state index < -0.39 is 0 Å². The van der Waals surface area contributed by atoms with E-state index in [9.17, 15) is 4.79 Å². The Bertz CT molecular complexity index is 338. The summed E-state index contributed by atoms with van der Waals surface area (Å²) in [5.74, 6) is -0.00160. The van der Waals surface area contributed by atoms with Crippen molar-refractivity contribution in [1.82, 2.24) is 15.0 Å². The monoisotopic (exact) mass is 177 g/mol. The molecule has 0 spiro atoms. The van der Waals surface area contributed by atoms with Crippen LogP contribution in [-0.4, -0.2) is 20.8 Å². The van der Waals surface area contributed by atoms with Gasteiger partial charge in [-0.1, -0.05) is 11.3 Å². The highest BCUT2D eigenvalue weighted by molar-refractivity contribution is 5.91. The molecule has 0 bridgehead atoms. The number of rotatable bonds is 4. The molecule has 13 heavy (non-hydrogen) atoms. The number of carbonyl (C=O) groups is 1. The van der Waals surface area contributed by atoms with E-state index in [2.05, 4.69) is 16.9 Å². The Morgan fingerprint density at radius 1 is 1.77 bits per heavy atom. The fraction of sp³-hybridized carbons (Fsp3) is 0.222. The molecule has 0 aliphatic heterocycles. The fourth-order valence-electron chi connectivity index (χ4n) is 0.814. The van der Waals surface area contributed by atoms with E-state index in [0.29, 0.717) is 12.2 Å². The maximum absolute atomic E-state index is 10.6. The van der Waals surface area contributed by atoms with Crippen molar-refractivity contribution in [3.8, 4) is 0 Å². The normalized spacial score (nSPS) is 10.5. The number of carbonyl (C=O) groups excluding carboxylic acids is 1. The Kier molecular flexibility index (Phi) is 3.14. The van der Waals surface area contributed by atoms with Gasteiger partial charge in [0.25, 0.3) is 0 Å². The molecule has 0 saturated carbocycles. The number of hydrogen-bond donors (Lipinski definition) is 0. The molecule has 1 heterocycles. The van der Waals surface area contributed by atoms with Gasteiger partial charge in [0, 0.05) is 0 Å². The molecule has 4 heteroatoms. The van der Waals surface area contributed by atoms with Crippen LogP contribution in [0.2, 0.25) is 0 Å². The second-order valence-electron chi connectivity index (χ2n) is 2.60. The van der Waals surface area contributed by atoms with E-state index in [1.54, 1.807) is 23.0 Å². The molecule has 0 atom stereocenters. The summed E-state index contributed by atoms with van der Waals surface area (Å²) in [5, 5.41) is 7.65. The summed E-state index contributed by atoms with van der Waals surface area (Å²) in [6.07, 6.45) is 6.57. The van der Waals surface area contributed by atoms with E-state index in [-0.39, 0.29) is 5.78 Å². The van der Waals surface area contributed by atoms with Crippen LogP contribution in [0.4, 0.5) is 0 Å². The van der Waals surface area contributed by atoms with Gasteiger partial charge in [-0.15, -0.1) is 11.7 Å². The summed E-state index contributed by atoms with van der Waals surface area (Å²) in [6, 6.07) is 0. The van der Waals surface area contributed by atoms with E-state index in [4.69, 9.17) is 0 Å². The summed E-state index contributed by atoms with van der Waals surface area (Å²) in [7, 11) is 0. The molecule has 0 fully saturated rings. The molecule has 1 aromatic rings. The first-order chi connectivity index (χ1) is 6.22. The van der Waals surface area contributed by atoms with Gasteiger partial charge in [-0.25, -0.2) is 4.68 Å². The minimum absolute atomic E-state index is 0.00160. The van der Waals surface area contributed by atoms with Crippen molar-refractivity contribution in [3.05, 3.63) is 30.6 Å². The Labute approximate surface area is 76.6 Å². The van der Waals surface area contributed by atoms with Crippen LogP contribution in [0.25, 0.3) is 6.08 Å².